The van der Waals surface area contributed by atoms with E-state index in [2.05, 4.69) is 11.1 Å². The number of aliphatic hydroxyl groups excluding tert-OH is 1. The molecule has 0 aliphatic rings. The number of aryl methyl sites for hydroxylation is 2. The van der Waals surface area contributed by atoms with Gasteiger partial charge in [-0.15, -0.1) is 0 Å². The SMILES string of the molecule is CCn1c(=O)n(CCCO)c(=O)c2c1nc(Oc1ccccc1C#N)n2Cc1ccc(C)cc1. The lowest BCUT2D eigenvalue weighted by Gasteiger charge is -2.12. The van der Waals surface area contributed by atoms with Crippen molar-refractivity contribution in [3.63, 3.8) is 0 Å². The van der Waals surface area contributed by atoms with Crippen LogP contribution in [0.25, 0.3) is 11.2 Å². The minimum absolute atomic E-state index is 0.0906. The zero-order valence-electron chi connectivity index (χ0n) is 19.1. The molecule has 0 spiro atoms. The van der Waals surface area contributed by atoms with E-state index >= 15 is 0 Å². The van der Waals surface area contributed by atoms with E-state index in [1.54, 1.807) is 35.8 Å². The largest absolute Gasteiger partial charge is 0.424 e. The molecule has 0 bridgehead atoms. The number of imidazole rings is 1. The molecule has 9 nitrogen and oxygen atoms in total. The molecule has 174 valence electrons. The predicted octanol–water partition coefficient (Wildman–Crippen LogP) is 2.78. The highest BCUT2D eigenvalue weighted by atomic mass is 16.5. The summed E-state index contributed by atoms with van der Waals surface area (Å²) >= 11 is 0. The molecule has 2 aromatic carbocycles. The van der Waals surface area contributed by atoms with Crippen LogP contribution < -0.4 is 16.0 Å². The first-order chi connectivity index (χ1) is 16.5. The molecular formula is C25H25N5O4. The summed E-state index contributed by atoms with van der Waals surface area (Å²) in [6.45, 7) is 4.31. The van der Waals surface area contributed by atoms with Gasteiger partial charge in [-0.05, 0) is 38.0 Å². The predicted molar refractivity (Wildman–Crippen MR) is 127 cm³/mol. The van der Waals surface area contributed by atoms with Crippen molar-refractivity contribution < 1.29 is 9.84 Å². The lowest BCUT2D eigenvalue weighted by Crippen LogP contribution is -2.40. The smallest absolute Gasteiger partial charge is 0.332 e. The maximum absolute atomic E-state index is 13.5. The first-order valence-corrected chi connectivity index (χ1v) is 11.1. The molecule has 0 saturated carbocycles. The third-order valence-electron chi connectivity index (χ3n) is 5.61. The Hall–Kier alpha value is -4.16. The van der Waals surface area contributed by atoms with Crippen molar-refractivity contribution in [2.45, 2.75) is 39.9 Å². The number of aromatic nitrogens is 4. The quantitative estimate of drug-likeness (QED) is 0.433. The fourth-order valence-electron chi connectivity index (χ4n) is 3.83. The first kappa shape index (κ1) is 23.0. The Labute approximate surface area is 195 Å². The van der Waals surface area contributed by atoms with Crippen LogP contribution in [0.3, 0.4) is 0 Å². The van der Waals surface area contributed by atoms with Gasteiger partial charge in [0.1, 0.15) is 11.8 Å². The zero-order chi connectivity index (χ0) is 24.2. The number of benzene rings is 2. The number of ether oxygens (including phenoxy) is 1. The highest BCUT2D eigenvalue weighted by Gasteiger charge is 2.23. The molecule has 0 aliphatic heterocycles. The van der Waals surface area contributed by atoms with E-state index in [0.717, 1.165) is 15.7 Å². The summed E-state index contributed by atoms with van der Waals surface area (Å²) < 4.78 is 10.2. The van der Waals surface area contributed by atoms with Crippen molar-refractivity contribution in [3.05, 3.63) is 86.1 Å². The monoisotopic (exact) mass is 459 g/mol. The molecule has 0 fully saturated rings. The van der Waals surface area contributed by atoms with Gasteiger partial charge in [-0.25, -0.2) is 4.79 Å². The minimum atomic E-state index is -0.499. The number of hydrogen-bond donors (Lipinski definition) is 1. The molecular weight excluding hydrogens is 434 g/mol. The van der Waals surface area contributed by atoms with Gasteiger partial charge in [0.05, 0.1) is 12.1 Å². The van der Waals surface area contributed by atoms with Crippen LogP contribution in [-0.2, 0) is 19.6 Å². The third-order valence-corrected chi connectivity index (χ3v) is 5.61. The molecule has 4 aromatic rings. The molecule has 0 amide bonds. The summed E-state index contributed by atoms with van der Waals surface area (Å²) in [4.78, 5) is 31.0. The molecule has 0 aliphatic carbocycles. The van der Waals surface area contributed by atoms with E-state index in [4.69, 9.17) is 4.74 Å². The molecule has 0 radical (unpaired) electrons. The summed E-state index contributed by atoms with van der Waals surface area (Å²) in [6.07, 6.45) is 0.273. The Bertz CT molecular complexity index is 1490. The van der Waals surface area contributed by atoms with Gasteiger partial charge in [-0.2, -0.15) is 10.2 Å². The molecule has 0 atom stereocenters. The van der Waals surface area contributed by atoms with Gasteiger partial charge < -0.3 is 9.84 Å². The Morgan fingerprint density at radius 3 is 2.47 bits per heavy atom. The molecule has 2 aromatic heterocycles. The van der Waals surface area contributed by atoms with Crippen LogP contribution in [0.5, 0.6) is 11.8 Å². The first-order valence-electron chi connectivity index (χ1n) is 11.1. The zero-order valence-corrected chi connectivity index (χ0v) is 19.1. The highest BCUT2D eigenvalue weighted by Crippen LogP contribution is 2.27. The Morgan fingerprint density at radius 2 is 1.79 bits per heavy atom. The summed E-state index contributed by atoms with van der Waals surface area (Å²) in [5.41, 5.74) is 1.80. The maximum Gasteiger partial charge on any atom is 0.332 e. The number of aliphatic hydroxyl groups is 1. The average Bonchev–Trinajstić information content (AvgIpc) is 3.18. The number of hydrogen-bond acceptors (Lipinski definition) is 6. The van der Waals surface area contributed by atoms with Crippen LogP contribution >= 0.6 is 0 Å². The Balaban J connectivity index is 1.98. The third kappa shape index (κ3) is 4.23. The Morgan fingerprint density at radius 1 is 1.06 bits per heavy atom. The van der Waals surface area contributed by atoms with Gasteiger partial charge in [0.15, 0.2) is 11.2 Å². The fraction of sp³-hybridized carbons (Fsp3) is 0.280. The van der Waals surface area contributed by atoms with Crippen LogP contribution in [0.15, 0.2) is 58.1 Å². The van der Waals surface area contributed by atoms with E-state index in [1.807, 2.05) is 31.2 Å². The van der Waals surface area contributed by atoms with Crippen LogP contribution in [0.1, 0.15) is 30.0 Å². The molecule has 1 N–H and O–H groups in total. The van der Waals surface area contributed by atoms with Crippen molar-refractivity contribution in [2.24, 2.45) is 0 Å². The van der Waals surface area contributed by atoms with Gasteiger partial charge in [0.25, 0.3) is 5.56 Å². The second-order valence-electron chi connectivity index (χ2n) is 7.91. The molecule has 0 unspecified atom stereocenters. The minimum Gasteiger partial charge on any atom is -0.424 e. The second-order valence-corrected chi connectivity index (χ2v) is 7.91. The van der Waals surface area contributed by atoms with E-state index < -0.39 is 11.2 Å². The van der Waals surface area contributed by atoms with Crippen molar-refractivity contribution in [1.29, 1.82) is 5.26 Å². The molecule has 34 heavy (non-hydrogen) atoms. The molecule has 0 saturated heterocycles. The van der Waals surface area contributed by atoms with Crippen LogP contribution in [0.2, 0.25) is 0 Å². The number of para-hydroxylation sites is 1. The number of rotatable bonds is 8. The molecule has 4 rings (SSSR count). The van der Waals surface area contributed by atoms with E-state index in [0.29, 0.717) is 17.9 Å². The van der Waals surface area contributed by atoms with Crippen molar-refractivity contribution >= 4 is 11.2 Å². The lowest BCUT2D eigenvalue weighted by molar-refractivity contribution is 0.277. The summed E-state index contributed by atoms with van der Waals surface area (Å²) in [5, 5.41) is 18.7. The normalized spacial score (nSPS) is 11.0. The lowest BCUT2D eigenvalue weighted by atomic mass is 10.1. The molecule has 2 heterocycles. The van der Waals surface area contributed by atoms with Crippen molar-refractivity contribution in [3.8, 4) is 17.8 Å². The second kappa shape index (κ2) is 9.77. The number of nitriles is 1. The maximum atomic E-state index is 13.5. The van der Waals surface area contributed by atoms with E-state index in [1.165, 1.54) is 4.57 Å². The fourth-order valence-corrected chi connectivity index (χ4v) is 3.83. The number of fused-ring (bicyclic) bond motifs is 1. The van der Waals surface area contributed by atoms with E-state index in [9.17, 15) is 20.0 Å². The summed E-state index contributed by atoms with van der Waals surface area (Å²) in [5.74, 6) is 0.302. The average molecular weight is 460 g/mol. The van der Waals surface area contributed by atoms with Crippen LogP contribution in [0.4, 0.5) is 0 Å². The van der Waals surface area contributed by atoms with Gasteiger partial charge in [0.2, 0.25) is 0 Å². The van der Waals surface area contributed by atoms with Crippen LogP contribution in [0, 0.1) is 18.3 Å². The number of nitrogens with zero attached hydrogens (tertiary/aromatic N) is 5. The van der Waals surface area contributed by atoms with Crippen LogP contribution in [-0.4, -0.2) is 30.4 Å². The standard InChI is InChI=1S/C25H25N5O4/c1-3-28-22-21(23(32)29(25(28)33)13-6-14-31)30(16-18-11-9-17(2)10-12-18)24(27-22)34-20-8-5-4-7-19(20)15-26/h4-5,7-12,31H,3,6,13-14,16H2,1-2H3. The highest BCUT2D eigenvalue weighted by molar-refractivity contribution is 5.72. The topological polar surface area (TPSA) is 115 Å². The van der Waals surface area contributed by atoms with Crippen molar-refractivity contribution in [1.82, 2.24) is 18.7 Å². The Kier molecular flexibility index (Phi) is 6.61. The van der Waals surface area contributed by atoms with E-state index in [-0.39, 0.29) is 43.3 Å². The molecule has 9 heteroatoms. The van der Waals surface area contributed by atoms with Gasteiger partial charge >= 0.3 is 11.7 Å². The van der Waals surface area contributed by atoms with Crippen molar-refractivity contribution in [2.75, 3.05) is 6.61 Å². The van der Waals surface area contributed by atoms with Gasteiger partial charge in [0, 0.05) is 19.7 Å². The summed E-state index contributed by atoms with van der Waals surface area (Å²) in [7, 11) is 0. The van der Waals surface area contributed by atoms with Gasteiger partial charge in [-0.3, -0.25) is 18.5 Å². The van der Waals surface area contributed by atoms with Gasteiger partial charge in [-0.1, -0.05) is 42.0 Å². The summed E-state index contributed by atoms with van der Waals surface area (Å²) in [6, 6.07) is 16.8.